The molecule has 0 bridgehead atoms. The lowest BCUT2D eigenvalue weighted by Gasteiger charge is -2.15. The van der Waals surface area contributed by atoms with Gasteiger partial charge in [-0.2, -0.15) is 0 Å². The van der Waals surface area contributed by atoms with Crippen molar-refractivity contribution in [1.82, 2.24) is 14.5 Å². The van der Waals surface area contributed by atoms with Crippen LogP contribution in [0, 0.1) is 0 Å². The molecule has 1 atom stereocenters. The maximum atomic E-state index is 9.13. The van der Waals surface area contributed by atoms with E-state index in [1.807, 2.05) is 16.7 Å². The zero-order chi connectivity index (χ0) is 10.7. The van der Waals surface area contributed by atoms with Crippen molar-refractivity contribution < 1.29 is 5.11 Å². The van der Waals surface area contributed by atoms with Crippen molar-refractivity contribution in [1.29, 1.82) is 0 Å². The number of hydrogen-bond acceptors (Lipinski definition) is 3. The lowest BCUT2D eigenvalue weighted by molar-refractivity contribution is 0.269. The van der Waals surface area contributed by atoms with Gasteiger partial charge in [0.25, 0.3) is 0 Å². The largest absolute Gasteiger partial charge is 0.390 e. The Balaban J connectivity index is 2.32. The third-order valence-corrected chi connectivity index (χ3v) is 2.51. The molecule has 0 radical (unpaired) electrons. The summed E-state index contributed by atoms with van der Waals surface area (Å²) in [5, 5.41) is 9.13. The topological polar surface area (TPSA) is 50.9 Å². The Morgan fingerprint density at radius 1 is 1.33 bits per heavy atom. The molecule has 2 rings (SSSR count). The van der Waals surface area contributed by atoms with Crippen LogP contribution in [0.15, 0.2) is 37.1 Å². The van der Waals surface area contributed by atoms with Gasteiger partial charge >= 0.3 is 0 Å². The fourth-order valence-electron chi connectivity index (χ4n) is 1.61. The molecule has 0 spiro atoms. The van der Waals surface area contributed by atoms with Crippen LogP contribution in [0.2, 0.25) is 0 Å². The van der Waals surface area contributed by atoms with E-state index in [2.05, 4.69) is 16.9 Å². The number of aromatic nitrogens is 3. The van der Waals surface area contributed by atoms with E-state index in [-0.39, 0.29) is 12.6 Å². The third-order valence-electron chi connectivity index (χ3n) is 2.51. The first-order valence-electron chi connectivity index (χ1n) is 4.84. The Labute approximate surface area is 88.2 Å². The number of imidazole rings is 1. The molecule has 2 aromatic heterocycles. The second-order valence-corrected chi connectivity index (χ2v) is 3.41. The fourth-order valence-corrected chi connectivity index (χ4v) is 1.61. The summed E-state index contributed by atoms with van der Waals surface area (Å²) in [5.74, 6) is 0. The van der Waals surface area contributed by atoms with E-state index < -0.39 is 0 Å². The number of rotatable bonds is 3. The van der Waals surface area contributed by atoms with Crippen LogP contribution < -0.4 is 0 Å². The SMILES string of the molecule is CC(c1ccncc1)n1cncc1CO. The second-order valence-electron chi connectivity index (χ2n) is 3.41. The van der Waals surface area contributed by atoms with Crippen molar-refractivity contribution in [3.63, 3.8) is 0 Å². The highest BCUT2D eigenvalue weighted by molar-refractivity contribution is 5.17. The third kappa shape index (κ3) is 1.89. The van der Waals surface area contributed by atoms with Crippen LogP contribution >= 0.6 is 0 Å². The smallest absolute Gasteiger partial charge is 0.0954 e. The van der Waals surface area contributed by atoms with Crippen molar-refractivity contribution in [2.45, 2.75) is 19.6 Å². The summed E-state index contributed by atoms with van der Waals surface area (Å²) in [6, 6.07) is 4.09. The van der Waals surface area contributed by atoms with Gasteiger partial charge in [0.2, 0.25) is 0 Å². The molecule has 0 amide bonds. The highest BCUT2D eigenvalue weighted by Gasteiger charge is 2.10. The van der Waals surface area contributed by atoms with Crippen molar-refractivity contribution in [3.8, 4) is 0 Å². The van der Waals surface area contributed by atoms with E-state index in [0.717, 1.165) is 11.3 Å². The van der Waals surface area contributed by atoms with Crippen molar-refractivity contribution in [2.24, 2.45) is 0 Å². The molecule has 2 aromatic rings. The van der Waals surface area contributed by atoms with Crippen LogP contribution in [0.5, 0.6) is 0 Å². The van der Waals surface area contributed by atoms with Crippen molar-refractivity contribution in [3.05, 3.63) is 48.3 Å². The van der Waals surface area contributed by atoms with Crippen LogP contribution in [0.25, 0.3) is 0 Å². The van der Waals surface area contributed by atoms with E-state index in [4.69, 9.17) is 5.11 Å². The molecule has 0 saturated heterocycles. The van der Waals surface area contributed by atoms with Gasteiger partial charge < -0.3 is 9.67 Å². The minimum atomic E-state index is 0.00935. The van der Waals surface area contributed by atoms with Gasteiger partial charge in [-0.05, 0) is 24.6 Å². The fraction of sp³-hybridized carbons (Fsp3) is 0.273. The van der Waals surface area contributed by atoms with Gasteiger partial charge in [0.1, 0.15) is 0 Å². The molecule has 1 N–H and O–H groups in total. The van der Waals surface area contributed by atoms with Gasteiger partial charge in [-0.3, -0.25) is 4.98 Å². The molecule has 4 heteroatoms. The maximum Gasteiger partial charge on any atom is 0.0954 e. The molecule has 0 aliphatic carbocycles. The summed E-state index contributed by atoms with van der Waals surface area (Å²) in [6.07, 6.45) is 6.94. The molecule has 2 heterocycles. The average Bonchev–Trinajstić information content (AvgIpc) is 2.77. The minimum Gasteiger partial charge on any atom is -0.390 e. The predicted molar refractivity (Wildman–Crippen MR) is 56.2 cm³/mol. The highest BCUT2D eigenvalue weighted by Crippen LogP contribution is 2.18. The average molecular weight is 203 g/mol. The number of hydrogen-bond donors (Lipinski definition) is 1. The molecule has 0 saturated carbocycles. The first-order valence-corrected chi connectivity index (χ1v) is 4.84. The Kier molecular flexibility index (Phi) is 2.78. The van der Waals surface area contributed by atoms with Crippen LogP contribution in [0.3, 0.4) is 0 Å². The molecular weight excluding hydrogens is 190 g/mol. The minimum absolute atomic E-state index is 0.00935. The molecule has 0 aliphatic rings. The van der Waals surface area contributed by atoms with Gasteiger partial charge in [0, 0.05) is 12.4 Å². The lowest BCUT2D eigenvalue weighted by Crippen LogP contribution is -2.09. The Morgan fingerprint density at radius 2 is 2.07 bits per heavy atom. The summed E-state index contributed by atoms with van der Waals surface area (Å²) in [7, 11) is 0. The van der Waals surface area contributed by atoms with Gasteiger partial charge in [-0.15, -0.1) is 0 Å². The quantitative estimate of drug-likeness (QED) is 0.819. The zero-order valence-electron chi connectivity index (χ0n) is 8.54. The lowest BCUT2D eigenvalue weighted by atomic mass is 10.1. The van der Waals surface area contributed by atoms with Crippen molar-refractivity contribution >= 4 is 0 Å². The maximum absolute atomic E-state index is 9.13. The van der Waals surface area contributed by atoms with Gasteiger partial charge in [0.15, 0.2) is 0 Å². The highest BCUT2D eigenvalue weighted by atomic mass is 16.3. The zero-order valence-corrected chi connectivity index (χ0v) is 8.54. The molecule has 0 aromatic carbocycles. The van der Waals surface area contributed by atoms with Gasteiger partial charge in [-0.25, -0.2) is 4.98 Å². The Hall–Kier alpha value is -1.68. The normalized spacial score (nSPS) is 12.7. The molecule has 78 valence electrons. The van der Waals surface area contributed by atoms with Crippen molar-refractivity contribution in [2.75, 3.05) is 0 Å². The van der Waals surface area contributed by atoms with E-state index in [9.17, 15) is 0 Å². The van der Waals surface area contributed by atoms with Gasteiger partial charge in [-0.1, -0.05) is 0 Å². The second kappa shape index (κ2) is 4.23. The summed E-state index contributed by atoms with van der Waals surface area (Å²) in [5.41, 5.74) is 1.97. The molecule has 4 nitrogen and oxygen atoms in total. The van der Waals surface area contributed by atoms with Gasteiger partial charge in [0.05, 0.1) is 30.9 Å². The molecule has 1 unspecified atom stereocenters. The predicted octanol–water partition coefficient (Wildman–Crippen LogP) is 1.38. The number of pyridine rings is 1. The number of aliphatic hydroxyl groups excluding tert-OH is 1. The van der Waals surface area contributed by atoms with Crippen LogP contribution in [0.1, 0.15) is 24.2 Å². The van der Waals surface area contributed by atoms with E-state index in [0.29, 0.717) is 0 Å². The summed E-state index contributed by atoms with van der Waals surface area (Å²) < 4.78 is 1.95. The van der Waals surface area contributed by atoms with Crippen LogP contribution in [0.4, 0.5) is 0 Å². The monoisotopic (exact) mass is 203 g/mol. The molecular formula is C11H13N3O. The van der Waals surface area contributed by atoms with Crippen LogP contribution in [-0.2, 0) is 6.61 Å². The van der Waals surface area contributed by atoms with Crippen LogP contribution in [-0.4, -0.2) is 19.6 Å². The molecule has 0 aliphatic heterocycles. The Bertz CT molecular complexity index is 424. The first-order chi connectivity index (χ1) is 7.33. The Morgan fingerprint density at radius 3 is 2.73 bits per heavy atom. The van der Waals surface area contributed by atoms with E-state index in [1.165, 1.54) is 0 Å². The standard InChI is InChI=1S/C11H13N3O/c1-9(10-2-4-12-5-3-10)14-8-13-6-11(14)7-15/h2-6,8-9,15H,7H2,1H3. The molecule has 15 heavy (non-hydrogen) atoms. The summed E-state index contributed by atoms with van der Waals surface area (Å²) >= 11 is 0. The number of nitrogens with zero attached hydrogens (tertiary/aromatic N) is 3. The number of aliphatic hydroxyl groups is 1. The van der Waals surface area contributed by atoms with E-state index >= 15 is 0 Å². The summed E-state index contributed by atoms with van der Waals surface area (Å²) in [4.78, 5) is 8.00. The van der Waals surface area contributed by atoms with E-state index in [1.54, 1.807) is 24.9 Å². The molecule has 0 fully saturated rings. The first kappa shape index (κ1) is 9.86. The summed E-state index contributed by atoms with van der Waals surface area (Å²) in [6.45, 7) is 2.07.